The third-order valence-electron chi connectivity index (χ3n) is 7.16. The van der Waals surface area contributed by atoms with Crippen LogP contribution in [0.1, 0.15) is 30.9 Å². The predicted octanol–water partition coefficient (Wildman–Crippen LogP) is 3.96. The number of hydrogen-bond acceptors (Lipinski definition) is 5. The fourth-order valence-electron chi connectivity index (χ4n) is 5.49. The Labute approximate surface area is 204 Å². The van der Waals surface area contributed by atoms with Crippen molar-refractivity contribution < 1.29 is 23.9 Å². The van der Waals surface area contributed by atoms with E-state index in [4.69, 9.17) is 4.74 Å². The van der Waals surface area contributed by atoms with Crippen molar-refractivity contribution in [2.75, 3.05) is 16.3 Å². The number of benzene rings is 2. The van der Waals surface area contributed by atoms with Crippen molar-refractivity contribution in [2.24, 2.45) is 23.7 Å². The highest BCUT2D eigenvalue weighted by Crippen LogP contribution is 2.40. The van der Waals surface area contributed by atoms with Crippen LogP contribution in [-0.4, -0.2) is 30.2 Å². The second-order valence-electron chi connectivity index (χ2n) is 9.83. The lowest BCUT2D eigenvalue weighted by Crippen LogP contribution is -2.31. The summed E-state index contributed by atoms with van der Waals surface area (Å²) in [6.07, 6.45) is 4.63. The molecule has 4 unspecified atom stereocenters. The van der Waals surface area contributed by atoms with Crippen LogP contribution in [0.15, 0.2) is 54.6 Å². The standard InChI is InChI=1S/C28H28N2O5/c1-16-11-17(2)13-21(12-16)29-15-19(14-24(29)31)28(34)35-22-9-7-20(8-10-22)30-26(32)23-6-4-5-18(3)25(23)27(30)33/h4-5,7-13,18-19,23,25H,6,14-15H2,1-3H3. The Morgan fingerprint density at radius 3 is 2.29 bits per heavy atom. The molecule has 0 N–H and O–H groups in total. The normalized spacial score (nSPS) is 25.9. The Hall–Kier alpha value is -3.74. The molecule has 4 atom stereocenters. The largest absolute Gasteiger partial charge is 0.426 e. The average molecular weight is 473 g/mol. The highest BCUT2D eigenvalue weighted by Gasteiger charge is 2.50. The van der Waals surface area contributed by atoms with Crippen molar-refractivity contribution in [1.82, 2.24) is 0 Å². The second kappa shape index (κ2) is 8.80. The minimum absolute atomic E-state index is 0.0211. The highest BCUT2D eigenvalue weighted by molar-refractivity contribution is 6.22. The fourth-order valence-corrected chi connectivity index (χ4v) is 5.49. The van der Waals surface area contributed by atoms with Gasteiger partial charge >= 0.3 is 5.97 Å². The molecule has 2 fully saturated rings. The molecule has 2 aromatic rings. The van der Waals surface area contributed by atoms with Crippen LogP contribution in [0.5, 0.6) is 5.75 Å². The van der Waals surface area contributed by atoms with Gasteiger partial charge in [0.25, 0.3) is 0 Å². The first-order valence-corrected chi connectivity index (χ1v) is 12.0. The van der Waals surface area contributed by atoms with Gasteiger partial charge in [-0.15, -0.1) is 0 Å². The van der Waals surface area contributed by atoms with Gasteiger partial charge < -0.3 is 9.64 Å². The Bertz CT molecular complexity index is 1230. The van der Waals surface area contributed by atoms with Gasteiger partial charge in [0.05, 0.1) is 23.4 Å². The zero-order chi connectivity index (χ0) is 24.9. The molecule has 7 nitrogen and oxygen atoms in total. The summed E-state index contributed by atoms with van der Waals surface area (Å²) in [6.45, 7) is 6.17. The molecule has 2 aliphatic heterocycles. The molecule has 2 aromatic carbocycles. The fraction of sp³-hybridized carbons (Fsp3) is 0.357. The number of nitrogens with zero attached hydrogens (tertiary/aromatic N) is 2. The number of amides is 3. The smallest absolute Gasteiger partial charge is 0.316 e. The zero-order valence-electron chi connectivity index (χ0n) is 20.1. The number of carbonyl (C=O) groups is 4. The number of allylic oxidation sites excluding steroid dienone is 2. The molecule has 0 spiro atoms. The van der Waals surface area contributed by atoms with Crippen molar-refractivity contribution in [3.05, 3.63) is 65.7 Å². The summed E-state index contributed by atoms with van der Waals surface area (Å²) in [5, 5.41) is 0. The molecule has 5 rings (SSSR count). The van der Waals surface area contributed by atoms with E-state index in [9.17, 15) is 19.2 Å². The lowest BCUT2D eigenvalue weighted by Gasteiger charge is -2.22. The third-order valence-corrected chi connectivity index (χ3v) is 7.16. The van der Waals surface area contributed by atoms with Crippen LogP contribution in [0.4, 0.5) is 11.4 Å². The van der Waals surface area contributed by atoms with Crippen molar-refractivity contribution in [3.8, 4) is 5.75 Å². The Morgan fingerprint density at radius 2 is 1.63 bits per heavy atom. The summed E-state index contributed by atoms with van der Waals surface area (Å²) in [6, 6.07) is 12.3. The molecule has 0 aromatic heterocycles. The first-order chi connectivity index (χ1) is 16.7. The maximum atomic E-state index is 13.0. The van der Waals surface area contributed by atoms with Gasteiger partial charge in [-0.25, -0.2) is 0 Å². The summed E-state index contributed by atoms with van der Waals surface area (Å²) in [7, 11) is 0. The van der Waals surface area contributed by atoms with Crippen molar-refractivity contribution >= 4 is 35.1 Å². The molecule has 35 heavy (non-hydrogen) atoms. The average Bonchev–Trinajstić information content (AvgIpc) is 3.32. The van der Waals surface area contributed by atoms with Gasteiger partial charge in [0, 0.05) is 18.7 Å². The predicted molar refractivity (Wildman–Crippen MR) is 131 cm³/mol. The van der Waals surface area contributed by atoms with Crippen LogP contribution in [0.2, 0.25) is 0 Å². The molecule has 180 valence electrons. The first kappa shape index (κ1) is 23.0. The van der Waals surface area contributed by atoms with Gasteiger partial charge in [-0.2, -0.15) is 0 Å². The first-order valence-electron chi connectivity index (χ1n) is 12.0. The number of anilines is 2. The van der Waals surface area contributed by atoms with E-state index in [0.717, 1.165) is 16.8 Å². The zero-order valence-corrected chi connectivity index (χ0v) is 20.1. The molecule has 1 aliphatic carbocycles. The summed E-state index contributed by atoms with van der Waals surface area (Å²) in [5.41, 5.74) is 3.37. The summed E-state index contributed by atoms with van der Waals surface area (Å²) in [4.78, 5) is 54.1. The van der Waals surface area contributed by atoms with Crippen LogP contribution in [-0.2, 0) is 19.2 Å². The van der Waals surface area contributed by atoms with Crippen molar-refractivity contribution in [1.29, 1.82) is 0 Å². The number of carbonyl (C=O) groups excluding carboxylic acids is 4. The molecule has 7 heteroatoms. The molecule has 0 radical (unpaired) electrons. The number of rotatable bonds is 4. The van der Waals surface area contributed by atoms with E-state index in [2.05, 4.69) is 0 Å². The molecule has 3 amide bonds. The van der Waals surface area contributed by atoms with E-state index in [1.54, 1.807) is 29.2 Å². The van der Waals surface area contributed by atoms with Crippen LogP contribution in [0.3, 0.4) is 0 Å². The van der Waals surface area contributed by atoms with E-state index in [0.29, 0.717) is 17.9 Å². The van der Waals surface area contributed by atoms with E-state index >= 15 is 0 Å². The number of esters is 1. The van der Waals surface area contributed by atoms with Crippen LogP contribution >= 0.6 is 0 Å². The maximum absolute atomic E-state index is 13.0. The van der Waals surface area contributed by atoms with Crippen molar-refractivity contribution in [3.63, 3.8) is 0 Å². The second-order valence-corrected chi connectivity index (χ2v) is 9.83. The lowest BCUT2D eigenvalue weighted by atomic mass is 9.78. The minimum atomic E-state index is -0.568. The monoisotopic (exact) mass is 472 g/mol. The number of ether oxygens (including phenoxy) is 1. The van der Waals surface area contributed by atoms with Gasteiger partial charge in [0.2, 0.25) is 17.7 Å². The quantitative estimate of drug-likeness (QED) is 0.291. The Kier molecular flexibility index (Phi) is 5.79. The summed E-state index contributed by atoms with van der Waals surface area (Å²) >= 11 is 0. The van der Waals surface area contributed by atoms with Gasteiger partial charge in [0.1, 0.15) is 5.75 Å². The van der Waals surface area contributed by atoms with Crippen LogP contribution in [0.25, 0.3) is 0 Å². The molecule has 2 heterocycles. The summed E-state index contributed by atoms with van der Waals surface area (Å²) in [5.74, 6) is -1.84. The van der Waals surface area contributed by atoms with E-state index in [-0.39, 0.29) is 48.4 Å². The molecule has 2 saturated heterocycles. The van der Waals surface area contributed by atoms with Gasteiger partial charge in [-0.3, -0.25) is 24.1 Å². The summed E-state index contributed by atoms with van der Waals surface area (Å²) < 4.78 is 5.55. The SMILES string of the molecule is Cc1cc(C)cc(N2CC(C(=O)Oc3ccc(N4C(=O)C5CC=CC(C)C5C4=O)cc3)CC2=O)c1. The van der Waals surface area contributed by atoms with Crippen LogP contribution in [0, 0.1) is 37.5 Å². The Morgan fingerprint density at radius 1 is 0.943 bits per heavy atom. The van der Waals surface area contributed by atoms with Gasteiger partial charge in [-0.05, 0) is 73.7 Å². The number of hydrogen-bond donors (Lipinski definition) is 0. The van der Waals surface area contributed by atoms with E-state index < -0.39 is 11.9 Å². The van der Waals surface area contributed by atoms with Gasteiger partial charge in [-0.1, -0.05) is 25.1 Å². The minimum Gasteiger partial charge on any atom is -0.426 e. The maximum Gasteiger partial charge on any atom is 0.316 e. The molecule has 0 bridgehead atoms. The van der Waals surface area contributed by atoms with Gasteiger partial charge in [0.15, 0.2) is 0 Å². The number of fused-ring (bicyclic) bond motifs is 1. The topological polar surface area (TPSA) is 84.0 Å². The number of aryl methyl sites for hydroxylation is 2. The van der Waals surface area contributed by atoms with Crippen LogP contribution < -0.4 is 14.5 Å². The van der Waals surface area contributed by atoms with E-state index in [1.807, 2.05) is 51.1 Å². The Balaban J connectivity index is 1.25. The lowest BCUT2D eigenvalue weighted by molar-refractivity contribution is -0.139. The number of imide groups is 1. The van der Waals surface area contributed by atoms with E-state index in [1.165, 1.54) is 4.90 Å². The highest BCUT2D eigenvalue weighted by atomic mass is 16.5. The molecule has 0 saturated carbocycles. The third kappa shape index (κ3) is 4.16. The molecular formula is C28H28N2O5. The molecular weight excluding hydrogens is 444 g/mol. The molecule has 3 aliphatic rings. The van der Waals surface area contributed by atoms with Crippen molar-refractivity contribution in [2.45, 2.75) is 33.6 Å².